The molecular formula is C17H16FN3O5. The van der Waals surface area contributed by atoms with E-state index in [4.69, 9.17) is 4.74 Å². The number of aryl methyl sites for hydroxylation is 1. The molecule has 2 aromatic rings. The smallest absolute Gasteiger partial charge is 0.328 e. The average molecular weight is 361 g/mol. The highest BCUT2D eigenvalue weighted by Crippen LogP contribution is 2.15. The molecule has 1 aromatic carbocycles. The van der Waals surface area contributed by atoms with Gasteiger partial charge in [-0.05, 0) is 19.1 Å². The third kappa shape index (κ3) is 3.21. The van der Waals surface area contributed by atoms with E-state index >= 15 is 0 Å². The fourth-order valence-corrected chi connectivity index (χ4v) is 2.75. The van der Waals surface area contributed by atoms with Crippen LogP contribution in [0.5, 0.6) is 0 Å². The molecule has 0 saturated carbocycles. The second-order valence-corrected chi connectivity index (χ2v) is 5.79. The molecule has 26 heavy (non-hydrogen) atoms. The van der Waals surface area contributed by atoms with Crippen molar-refractivity contribution in [2.45, 2.75) is 13.0 Å². The number of amides is 1. The van der Waals surface area contributed by atoms with Crippen LogP contribution in [-0.4, -0.2) is 57.5 Å². The molecule has 3 rings (SSSR count). The molecule has 1 atom stereocenters. The Hall–Kier alpha value is -3.07. The van der Waals surface area contributed by atoms with Gasteiger partial charge in [-0.25, -0.2) is 13.9 Å². The Morgan fingerprint density at radius 2 is 2.08 bits per heavy atom. The van der Waals surface area contributed by atoms with Crippen molar-refractivity contribution in [2.75, 3.05) is 19.8 Å². The average Bonchev–Trinajstić information content (AvgIpc) is 2.62. The first-order chi connectivity index (χ1) is 12.4. The maximum Gasteiger partial charge on any atom is 0.328 e. The molecule has 1 aliphatic heterocycles. The molecule has 1 saturated heterocycles. The van der Waals surface area contributed by atoms with Gasteiger partial charge in [-0.15, -0.1) is 0 Å². The largest absolute Gasteiger partial charge is 0.480 e. The molecule has 1 unspecified atom stereocenters. The summed E-state index contributed by atoms with van der Waals surface area (Å²) >= 11 is 0. The van der Waals surface area contributed by atoms with Gasteiger partial charge in [0.05, 0.1) is 13.2 Å². The van der Waals surface area contributed by atoms with Gasteiger partial charge in [0.2, 0.25) is 5.43 Å². The number of benzene rings is 1. The van der Waals surface area contributed by atoms with Crippen molar-refractivity contribution in [1.29, 1.82) is 0 Å². The van der Waals surface area contributed by atoms with Crippen molar-refractivity contribution < 1.29 is 23.8 Å². The zero-order valence-electron chi connectivity index (χ0n) is 13.9. The molecule has 136 valence electrons. The SMILES string of the molecule is Cc1cc(=O)c(C(=O)N2CCOCC2C(=O)O)nn1-c1ccccc1F. The van der Waals surface area contributed by atoms with Crippen LogP contribution in [0, 0.1) is 12.7 Å². The normalized spacial score (nSPS) is 17.2. The number of carboxylic acids is 1. The summed E-state index contributed by atoms with van der Waals surface area (Å²) in [5, 5.41) is 13.3. The lowest BCUT2D eigenvalue weighted by molar-refractivity contribution is -0.147. The van der Waals surface area contributed by atoms with Gasteiger partial charge in [0, 0.05) is 18.3 Å². The van der Waals surface area contributed by atoms with Crippen LogP contribution in [0.2, 0.25) is 0 Å². The van der Waals surface area contributed by atoms with Crippen LogP contribution in [0.4, 0.5) is 4.39 Å². The Morgan fingerprint density at radius 3 is 2.77 bits per heavy atom. The number of nitrogens with zero attached hydrogens (tertiary/aromatic N) is 3. The Balaban J connectivity index is 2.06. The van der Waals surface area contributed by atoms with Crippen molar-refractivity contribution in [3.8, 4) is 5.69 Å². The van der Waals surface area contributed by atoms with E-state index in [1.165, 1.54) is 24.3 Å². The van der Waals surface area contributed by atoms with Crippen molar-refractivity contribution in [1.82, 2.24) is 14.7 Å². The molecule has 2 heterocycles. The summed E-state index contributed by atoms with van der Waals surface area (Å²) in [6, 6.07) is 5.76. The molecule has 0 aliphatic carbocycles. The number of aromatic nitrogens is 2. The highest BCUT2D eigenvalue weighted by molar-refractivity contribution is 5.95. The zero-order chi connectivity index (χ0) is 18.8. The first kappa shape index (κ1) is 17.7. The lowest BCUT2D eigenvalue weighted by atomic mass is 10.2. The van der Waals surface area contributed by atoms with Crippen LogP contribution in [-0.2, 0) is 9.53 Å². The van der Waals surface area contributed by atoms with E-state index in [1.54, 1.807) is 13.0 Å². The second-order valence-electron chi connectivity index (χ2n) is 5.79. The van der Waals surface area contributed by atoms with Gasteiger partial charge in [0.25, 0.3) is 5.91 Å². The number of ether oxygens (including phenoxy) is 1. The third-order valence-corrected chi connectivity index (χ3v) is 4.07. The standard InChI is InChI=1S/C17H16FN3O5/c1-10-8-14(22)15(19-21(10)12-5-3-2-4-11(12)18)16(23)20-6-7-26-9-13(20)17(24)25/h2-5,8,13H,6-7,9H2,1H3,(H,24,25). The van der Waals surface area contributed by atoms with Crippen molar-refractivity contribution in [2.24, 2.45) is 0 Å². The number of carbonyl (C=O) groups excluding carboxylic acids is 1. The molecule has 8 nitrogen and oxygen atoms in total. The van der Waals surface area contributed by atoms with Gasteiger partial charge < -0.3 is 14.7 Å². The minimum Gasteiger partial charge on any atom is -0.480 e. The quantitative estimate of drug-likeness (QED) is 0.859. The Kier molecular flexibility index (Phi) is 4.81. The first-order valence-electron chi connectivity index (χ1n) is 7.87. The summed E-state index contributed by atoms with van der Waals surface area (Å²) < 4.78 is 20.3. The Morgan fingerprint density at radius 1 is 1.35 bits per heavy atom. The van der Waals surface area contributed by atoms with Crippen LogP contribution in [0.3, 0.4) is 0 Å². The summed E-state index contributed by atoms with van der Waals surface area (Å²) in [5.74, 6) is -2.63. The highest BCUT2D eigenvalue weighted by Gasteiger charge is 2.35. The summed E-state index contributed by atoms with van der Waals surface area (Å²) in [4.78, 5) is 37.4. The maximum atomic E-state index is 14.1. The number of carboxylic acid groups (broad SMARTS) is 1. The predicted octanol–water partition coefficient (Wildman–Crippen LogP) is 0.606. The second kappa shape index (κ2) is 7.04. The van der Waals surface area contributed by atoms with Crippen LogP contribution >= 0.6 is 0 Å². The van der Waals surface area contributed by atoms with Crippen LogP contribution < -0.4 is 5.43 Å². The molecule has 0 spiro atoms. The molecule has 9 heteroatoms. The molecule has 1 fully saturated rings. The summed E-state index contributed by atoms with van der Waals surface area (Å²) in [5.41, 5.74) is -0.702. The monoisotopic (exact) mass is 361 g/mol. The number of rotatable bonds is 3. The zero-order valence-corrected chi connectivity index (χ0v) is 13.9. The number of halogens is 1. The van der Waals surface area contributed by atoms with Crippen molar-refractivity contribution in [3.05, 3.63) is 57.8 Å². The molecule has 0 radical (unpaired) electrons. The number of para-hydroxylation sites is 1. The van der Waals surface area contributed by atoms with E-state index in [0.29, 0.717) is 5.69 Å². The number of aliphatic carboxylic acids is 1. The van der Waals surface area contributed by atoms with Gasteiger partial charge >= 0.3 is 5.97 Å². The Labute approximate surface area is 147 Å². The molecule has 1 aliphatic rings. The maximum absolute atomic E-state index is 14.1. The molecule has 1 amide bonds. The number of hydrogen-bond acceptors (Lipinski definition) is 5. The number of hydrogen-bond donors (Lipinski definition) is 1. The van der Waals surface area contributed by atoms with E-state index in [2.05, 4.69) is 5.10 Å². The summed E-state index contributed by atoms with van der Waals surface area (Å²) in [6.45, 7) is 1.56. The highest BCUT2D eigenvalue weighted by atomic mass is 19.1. The molecule has 1 N–H and O–H groups in total. The van der Waals surface area contributed by atoms with Crippen molar-refractivity contribution in [3.63, 3.8) is 0 Å². The minimum atomic E-state index is -1.24. The lowest BCUT2D eigenvalue weighted by Crippen LogP contribution is -2.53. The van der Waals surface area contributed by atoms with Gasteiger partial charge in [0.1, 0.15) is 11.5 Å². The van der Waals surface area contributed by atoms with Crippen LogP contribution in [0.15, 0.2) is 35.1 Å². The molecule has 1 aromatic heterocycles. The lowest BCUT2D eigenvalue weighted by Gasteiger charge is -2.32. The van der Waals surface area contributed by atoms with Gasteiger partial charge in [-0.3, -0.25) is 9.59 Å². The van der Waals surface area contributed by atoms with E-state index in [-0.39, 0.29) is 25.4 Å². The van der Waals surface area contributed by atoms with E-state index in [9.17, 15) is 23.9 Å². The minimum absolute atomic E-state index is 0.0183. The number of morpholine rings is 1. The third-order valence-electron chi connectivity index (χ3n) is 4.07. The molecule has 0 bridgehead atoms. The number of carbonyl (C=O) groups is 2. The van der Waals surface area contributed by atoms with Crippen molar-refractivity contribution >= 4 is 11.9 Å². The first-order valence-corrected chi connectivity index (χ1v) is 7.87. The summed E-state index contributed by atoms with van der Waals surface area (Å²) in [6.07, 6.45) is 0. The predicted molar refractivity (Wildman–Crippen MR) is 87.8 cm³/mol. The van der Waals surface area contributed by atoms with E-state index < -0.39 is 34.9 Å². The summed E-state index contributed by atoms with van der Waals surface area (Å²) in [7, 11) is 0. The van der Waals surface area contributed by atoms with E-state index in [1.807, 2.05) is 0 Å². The van der Waals surface area contributed by atoms with E-state index in [0.717, 1.165) is 9.58 Å². The topological polar surface area (TPSA) is 102 Å². The van der Waals surface area contributed by atoms with Gasteiger partial charge in [-0.1, -0.05) is 12.1 Å². The Bertz CT molecular complexity index is 927. The van der Waals surface area contributed by atoms with Gasteiger partial charge in [-0.2, -0.15) is 5.10 Å². The van der Waals surface area contributed by atoms with Crippen LogP contribution in [0.25, 0.3) is 5.69 Å². The van der Waals surface area contributed by atoms with Gasteiger partial charge in [0.15, 0.2) is 11.7 Å². The fourth-order valence-electron chi connectivity index (χ4n) is 2.75. The fraction of sp³-hybridized carbons (Fsp3) is 0.294. The van der Waals surface area contributed by atoms with Crippen LogP contribution in [0.1, 0.15) is 16.2 Å². The molecular weight excluding hydrogens is 345 g/mol.